The Kier molecular flexibility index (Phi) is 7.84. The fourth-order valence-corrected chi connectivity index (χ4v) is 4.42. The van der Waals surface area contributed by atoms with Crippen LogP contribution in [0.5, 0.6) is 0 Å². The van der Waals surface area contributed by atoms with Gasteiger partial charge in [0.15, 0.2) is 11.4 Å². The lowest BCUT2D eigenvalue weighted by Crippen LogP contribution is -3.15. The van der Waals surface area contributed by atoms with Gasteiger partial charge in [-0.2, -0.15) is 4.31 Å². The second-order valence-electron chi connectivity index (χ2n) is 6.51. The van der Waals surface area contributed by atoms with Crippen molar-refractivity contribution >= 4 is 21.8 Å². The molecule has 1 heterocycles. The number of hydrogen-bond donors (Lipinski definition) is 3. The molecule has 0 atom stereocenters. The summed E-state index contributed by atoms with van der Waals surface area (Å²) in [5.41, 5.74) is 0. The van der Waals surface area contributed by atoms with Crippen molar-refractivity contribution in [3.8, 4) is 0 Å². The Bertz CT molecular complexity index is 791. The summed E-state index contributed by atoms with van der Waals surface area (Å²) in [6, 6.07) is 2.91. The fourth-order valence-electron chi connectivity index (χ4n) is 2.87. The van der Waals surface area contributed by atoms with Crippen LogP contribution in [0.25, 0.3) is 0 Å². The largest absolute Gasteiger partial charge is 0.355 e. The van der Waals surface area contributed by atoms with E-state index in [1.165, 1.54) is 0 Å². The smallest absolute Gasteiger partial charge is 0.275 e. The monoisotopic (exact) mass is 419 g/mol. The van der Waals surface area contributed by atoms with Gasteiger partial charge in [-0.1, -0.05) is 13.0 Å². The quantitative estimate of drug-likeness (QED) is 0.477. The number of piperazine rings is 1. The number of hydrogen-bond acceptors (Lipinski definition) is 4. The third-order valence-corrected chi connectivity index (χ3v) is 6.33. The van der Waals surface area contributed by atoms with E-state index in [4.69, 9.17) is 0 Å². The molecular formula is C17H25F2N4O4S+. The fraction of sp³-hybridized carbons (Fsp3) is 0.529. The summed E-state index contributed by atoms with van der Waals surface area (Å²) in [4.78, 5) is 23.3. The van der Waals surface area contributed by atoms with E-state index in [2.05, 4.69) is 10.6 Å². The van der Waals surface area contributed by atoms with Crippen molar-refractivity contribution in [1.82, 2.24) is 14.9 Å². The Morgan fingerprint density at radius 1 is 1.11 bits per heavy atom. The highest BCUT2D eigenvalue weighted by Gasteiger charge is 2.34. The van der Waals surface area contributed by atoms with Gasteiger partial charge < -0.3 is 15.5 Å². The molecule has 1 fully saturated rings. The van der Waals surface area contributed by atoms with Crippen LogP contribution < -0.4 is 15.5 Å². The van der Waals surface area contributed by atoms with Crippen LogP contribution in [-0.4, -0.2) is 70.4 Å². The molecule has 0 aromatic heterocycles. The van der Waals surface area contributed by atoms with Gasteiger partial charge in [0.25, 0.3) is 5.91 Å². The minimum atomic E-state index is -4.29. The molecule has 1 aliphatic heterocycles. The van der Waals surface area contributed by atoms with E-state index in [9.17, 15) is 26.8 Å². The molecule has 1 saturated heterocycles. The molecule has 1 aromatic carbocycles. The Labute approximate surface area is 162 Å². The molecule has 2 amide bonds. The van der Waals surface area contributed by atoms with Crippen LogP contribution in [0.3, 0.4) is 0 Å². The Balaban J connectivity index is 1.85. The Morgan fingerprint density at radius 2 is 1.71 bits per heavy atom. The number of quaternary nitrogens is 1. The molecule has 0 radical (unpaired) electrons. The average molecular weight is 419 g/mol. The van der Waals surface area contributed by atoms with E-state index in [1.807, 2.05) is 6.92 Å². The molecule has 2 rings (SSSR count). The first kappa shape index (κ1) is 22.2. The van der Waals surface area contributed by atoms with Gasteiger partial charge in [-0.15, -0.1) is 0 Å². The Morgan fingerprint density at radius 3 is 2.29 bits per heavy atom. The van der Waals surface area contributed by atoms with Crippen molar-refractivity contribution in [2.45, 2.75) is 18.2 Å². The van der Waals surface area contributed by atoms with E-state index in [0.717, 1.165) is 33.8 Å². The third kappa shape index (κ3) is 5.69. The van der Waals surface area contributed by atoms with Crippen molar-refractivity contribution in [3.05, 3.63) is 29.8 Å². The standard InChI is InChI=1S/C17H24F2N4O4S/c1-2-6-20-15(24)11-21-16(25)12-22-7-9-23(10-8-22)28(26,27)17-13(18)4-3-5-14(17)19/h3-5H,2,6-12H2,1H3,(H,20,24)(H,21,25)/p+1. The molecule has 0 bridgehead atoms. The minimum absolute atomic E-state index is 0.0374. The minimum Gasteiger partial charge on any atom is -0.355 e. The molecule has 0 spiro atoms. The van der Waals surface area contributed by atoms with Crippen LogP contribution in [-0.2, 0) is 19.6 Å². The first-order chi connectivity index (χ1) is 13.3. The predicted octanol–water partition coefficient (Wildman–Crippen LogP) is -1.50. The maximum absolute atomic E-state index is 13.8. The van der Waals surface area contributed by atoms with Gasteiger partial charge in [0.2, 0.25) is 15.9 Å². The van der Waals surface area contributed by atoms with Crippen molar-refractivity contribution in [1.29, 1.82) is 0 Å². The second kappa shape index (κ2) is 9.89. The number of carbonyl (C=O) groups excluding carboxylic acids is 2. The lowest BCUT2D eigenvalue weighted by molar-refractivity contribution is -0.895. The molecule has 0 unspecified atom stereocenters. The van der Waals surface area contributed by atoms with Gasteiger partial charge >= 0.3 is 0 Å². The number of benzene rings is 1. The first-order valence-electron chi connectivity index (χ1n) is 9.06. The van der Waals surface area contributed by atoms with E-state index in [1.54, 1.807) is 0 Å². The van der Waals surface area contributed by atoms with Crippen LogP contribution in [0.2, 0.25) is 0 Å². The van der Waals surface area contributed by atoms with Crippen LogP contribution in [0.1, 0.15) is 13.3 Å². The van der Waals surface area contributed by atoms with Gasteiger partial charge in [0.05, 0.1) is 32.7 Å². The van der Waals surface area contributed by atoms with Gasteiger partial charge in [-0.3, -0.25) is 9.59 Å². The average Bonchev–Trinajstić information content (AvgIpc) is 2.65. The zero-order valence-corrected chi connectivity index (χ0v) is 16.4. The van der Waals surface area contributed by atoms with E-state index >= 15 is 0 Å². The zero-order valence-electron chi connectivity index (χ0n) is 15.6. The summed E-state index contributed by atoms with van der Waals surface area (Å²) in [5, 5.41) is 5.16. The van der Waals surface area contributed by atoms with Gasteiger partial charge in [-0.25, -0.2) is 17.2 Å². The van der Waals surface area contributed by atoms with Crippen LogP contribution >= 0.6 is 0 Å². The molecule has 1 aliphatic rings. The number of rotatable bonds is 8. The Hall–Kier alpha value is -2.11. The number of sulfonamides is 1. The summed E-state index contributed by atoms with van der Waals surface area (Å²) in [7, 11) is -4.29. The van der Waals surface area contributed by atoms with E-state index in [-0.39, 0.29) is 38.0 Å². The van der Waals surface area contributed by atoms with Crippen LogP contribution in [0.4, 0.5) is 8.78 Å². The number of amides is 2. The molecule has 0 saturated carbocycles. The maximum Gasteiger partial charge on any atom is 0.275 e. The lowest BCUT2D eigenvalue weighted by atomic mass is 10.3. The number of nitrogens with one attached hydrogen (secondary N) is 3. The molecule has 8 nitrogen and oxygen atoms in total. The van der Waals surface area contributed by atoms with Crippen molar-refractivity contribution in [2.24, 2.45) is 0 Å². The highest BCUT2D eigenvalue weighted by Crippen LogP contribution is 2.22. The molecule has 28 heavy (non-hydrogen) atoms. The van der Waals surface area contributed by atoms with Crippen LogP contribution in [0.15, 0.2) is 23.1 Å². The van der Waals surface area contributed by atoms with Crippen molar-refractivity contribution in [2.75, 3.05) is 45.8 Å². The summed E-state index contributed by atoms with van der Waals surface area (Å²) in [6.07, 6.45) is 0.799. The molecule has 1 aromatic rings. The van der Waals surface area contributed by atoms with E-state index in [0.29, 0.717) is 19.6 Å². The molecular weight excluding hydrogens is 394 g/mol. The molecule has 11 heteroatoms. The lowest BCUT2D eigenvalue weighted by Gasteiger charge is -2.31. The normalized spacial score (nSPS) is 16.0. The number of nitrogens with zero attached hydrogens (tertiary/aromatic N) is 1. The van der Waals surface area contributed by atoms with Crippen molar-refractivity contribution < 1.29 is 31.7 Å². The number of carbonyl (C=O) groups is 2. The SMILES string of the molecule is CCCNC(=O)CNC(=O)C[NH+]1CCN(S(=O)(=O)c2c(F)cccc2F)CC1. The first-order valence-corrected chi connectivity index (χ1v) is 10.5. The highest BCUT2D eigenvalue weighted by atomic mass is 32.2. The zero-order chi connectivity index (χ0) is 20.7. The van der Waals surface area contributed by atoms with Gasteiger partial charge in [-0.05, 0) is 18.6 Å². The van der Waals surface area contributed by atoms with Crippen LogP contribution in [0, 0.1) is 11.6 Å². The molecule has 156 valence electrons. The summed E-state index contributed by atoms with van der Waals surface area (Å²) in [6.45, 7) is 3.13. The maximum atomic E-state index is 13.8. The highest BCUT2D eigenvalue weighted by molar-refractivity contribution is 7.89. The van der Waals surface area contributed by atoms with Gasteiger partial charge in [0.1, 0.15) is 11.6 Å². The summed E-state index contributed by atoms with van der Waals surface area (Å²) < 4.78 is 53.8. The molecule has 0 aliphatic carbocycles. The third-order valence-electron chi connectivity index (χ3n) is 4.38. The second-order valence-corrected chi connectivity index (χ2v) is 8.38. The van der Waals surface area contributed by atoms with Crippen molar-refractivity contribution in [3.63, 3.8) is 0 Å². The summed E-state index contributed by atoms with van der Waals surface area (Å²) >= 11 is 0. The van der Waals surface area contributed by atoms with Gasteiger partial charge in [0, 0.05) is 6.54 Å². The predicted molar refractivity (Wildman–Crippen MR) is 97.0 cm³/mol. The van der Waals surface area contributed by atoms with E-state index < -0.39 is 26.6 Å². The number of halogens is 2. The summed E-state index contributed by atoms with van der Waals surface area (Å²) in [5.74, 6) is -2.85. The molecule has 3 N–H and O–H groups in total. The topological polar surface area (TPSA) is 100 Å².